The van der Waals surface area contributed by atoms with Gasteiger partial charge in [-0.1, -0.05) is 19.4 Å². The largest absolute Gasteiger partial charge is 0.452 e. The maximum atomic E-state index is 11.9. The molecule has 0 saturated heterocycles. The van der Waals surface area contributed by atoms with Gasteiger partial charge >= 0.3 is 5.97 Å². The van der Waals surface area contributed by atoms with Crippen LogP contribution in [-0.2, 0) is 14.3 Å². The second kappa shape index (κ2) is 8.81. The Bertz CT molecular complexity index is 543. The number of carbonyl (C=O) groups is 3. The van der Waals surface area contributed by atoms with E-state index in [0.717, 1.165) is 12.8 Å². The molecule has 0 aliphatic heterocycles. The summed E-state index contributed by atoms with van der Waals surface area (Å²) in [6, 6.07) is 6.41. The van der Waals surface area contributed by atoms with E-state index in [1.54, 1.807) is 18.2 Å². The zero-order valence-corrected chi connectivity index (χ0v) is 13.1. The van der Waals surface area contributed by atoms with Crippen molar-refractivity contribution in [2.45, 2.75) is 39.7 Å². The molecule has 0 aromatic heterocycles. The van der Waals surface area contributed by atoms with Gasteiger partial charge in [0.25, 0.3) is 5.91 Å². The molecule has 120 valence electrons. The van der Waals surface area contributed by atoms with Crippen molar-refractivity contribution in [1.29, 1.82) is 0 Å². The highest BCUT2D eigenvalue weighted by Gasteiger charge is 2.12. The number of ether oxygens (including phenoxy) is 1. The van der Waals surface area contributed by atoms with Crippen molar-refractivity contribution in [1.82, 2.24) is 5.32 Å². The first-order valence-corrected chi connectivity index (χ1v) is 7.26. The van der Waals surface area contributed by atoms with Gasteiger partial charge in [0.1, 0.15) is 0 Å². The van der Waals surface area contributed by atoms with Crippen molar-refractivity contribution in [3.63, 3.8) is 0 Å². The van der Waals surface area contributed by atoms with E-state index in [0.29, 0.717) is 5.69 Å². The number of hydrogen-bond acceptors (Lipinski definition) is 4. The van der Waals surface area contributed by atoms with Gasteiger partial charge in [-0.2, -0.15) is 0 Å². The fourth-order valence-corrected chi connectivity index (χ4v) is 1.96. The van der Waals surface area contributed by atoms with E-state index >= 15 is 0 Å². The van der Waals surface area contributed by atoms with Gasteiger partial charge < -0.3 is 15.4 Å². The van der Waals surface area contributed by atoms with Gasteiger partial charge in [0.05, 0.1) is 5.56 Å². The summed E-state index contributed by atoms with van der Waals surface area (Å²) in [4.78, 5) is 34.5. The molecular weight excluding hydrogens is 284 g/mol. The molecule has 1 unspecified atom stereocenters. The SMILES string of the molecule is CCCC(C)NC(=O)COC(=O)c1cccc(NC(C)=O)c1. The van der Waals surface area contributed by atoms with E-state index in [9.17, 15) is 14.4 Å². The molecule has 0 saturated carbocycles. The molecule has 0 fully saturated rings. The first-order chi connectivity index (χ1) is 10.4. The van der Waals surface area contributed by atoms with E-state index in [2.05, 4.69) is 10.6 Å². The van der Waals surface area contributed by atoms with Crippen LogP contribution in [0.1, 0.15) is 44.0 Å². The fourth-order valence-electron chi connectivity index (χ4n) is 1.96. The minimum absolute atomic E-state index is 0.0549. The number of benzene rings is 1. The van der Waals surface area contributed by atoms with Crippen LogP contribution >= 0.6 is 0 Å². The van der Waals surface area contributed by atoms with Crippen LogP contribution in [0.3, 0.4) is 0 Å². The van der Waals surface area contributed by atoms with E-state index < -0.39 is 5.97 Å². The molecule has 1 rings (SSSR count). The van der Waals surface area contributed by atoms with Gasteiger partial charge in [-0.15, -0.1) is 0 Å². The van der Waals surface area contributed by atoms with E-state index in [4.69, 9.17) is 4.74 Å². The van der Waals surface area contributed by atoms with Crippen molar-refractivity contribution in [3.8, 4) is 0 Å². The maximum Gasteiger partial charge on any atom is 0.338 e. The zero-order valence-electron chi connectivity index (χ0n) is 13.1. The highest BCUT2D eigenvalue weighted by atomic mass is 16.5. The lowest BCUT2D eigenvalue weighted by Gasteiger charge is -2.12. The molecule has 0 aliphatic carbocycles. The lowest BCUT2D eigenvalue weighted by Crippen LogP contribution is -2.35. The second-order valence-corrected chi connectivity index (χ2v) is 5.10. The van der Waals surface area contributed by atoms with Crippen LogP contribution in [0.2, 0.25) is 0 Å². The molecule has 1 atom stereocenters. The molecule has 2 amide bonds. The van der Waals surface area contributed by atoms with Gasteiger partial charge in [-0.05, 0) is 31.5 Å². The smallest absolute Gasteiger partial charge is 0.338 e. The Morgan fingerprint density at radius 2 is 2.00 bits per heavy atom. The molecule has 0 heterocycles. The Morgan fingerprint density at radius 3 is 2.64 bits per heavy atom. The molecule has 2 N–H and O–H groups in total. The predicted molar refractivity (Wildman–Crippen MR) is 83.5 cm³/mol. The molecule has 6 heteroatoms. The summed E-state index contributed by atoms with van der Waals surface area (Å²) in [5.74, 6) is -1.16. The average molecular weight is 306 g/mol. The van der Waals surface area contributed by atoms with E-state index in [1.807, 2.05) is 13.8 Å². The summed E-state index contributed by atoms with van der Waals surface area (Å²) >= 11 is 0. The normalized spacial score (nSPS) is 11.4. The summed E-state index contributed by atoms with van der Waals surface area (Å²) in [7, 11) is 0. The van der Waals surface area contributed by atoms with Crippen molar-refractivity contribution in [2.75, 3.05) is 11.9 Å². The number of hydrogen-bond donors (Lipinski definition) is 2. The van der Waals surface area contributed by atoms with Gasteiger partial charge in [-0.3, -0.25) is 9.59 Å². The third kappa shape index (κ3) is 6.39. The third-order valence-electron chi connectivity index (χ3n) is 2.88. The van der Waals surface area contributed by atoms with E-state index in [-0.39, 0.29) is 30.0 Å². The number of esters is 1. The van der Waals surface area contributed by atoms with Crippen LogP contribution in [0.15, 0.2) is 24.3 Å². The topological polar surface area (TPSA) is 84.5 Å². The monoisotopic (exact) mass is 306 g/mol. The zero-order chi connectivity index (χ0) is 16.5. The predicted octanol–water partition coefficient (Wildman–Crippen LogP) is 2.11. The standard InChI is InChI=1S/C16H22N2O4/c1-4-6-11(2)17-15(20)10-22-16(21)13-7-5-8-14(9-13)18-12(3)19/h5,7-9,11H,4,6,10H2,1-3H3,(H,17,20)(H,18,19). The number of amides is 2. The van der Waals surface area contributed by atoms with Crippen LogP contribution in [0.5, 0.6) is 0 Å². The molecule has 0 radical (unpaired) electrons. The summed E-state index contributed by atoms with van der Waals surface area (Å²) in [6.45, 7) is 4.99. The molecule has 22 heavy (non-hydrogen) atoms. The Morgan fingerprint density at radius 1 is 1.27 bits per heavy atom. The minimum atomic E-state index is -0.606. The highest BCUT2D eigenvalue weighted by Crippen LogP contribution is 2.11. The summed E-state index contributed by atoms with van der Waals surface area (Å²) in [6.07, 6.45) is 1.84. The van der Waals surface area contributed by atoms with Crippen molar-refractivity contribution >= 4 is 23.5 Å². The van der Waals surface area contributed by atoms with Crippen molar-refractivity contribution in [3.05, 3.63) is 29.8 Å². The lowest BCUT2D eigenvalue weighted by atomic mass is 10.2. The third-order valence-corrected chi connectivity index (χ3v) is 2.88. The molecule has 1 aromatic rings. The molecule has 1 aromatic carbocycles. The Labute approximate surface area is 130 Å². The second-order valence-electron chi connectivity index (χ2n) is 5.10. The average Bonchev–Trinajstić information content (AvgIpc) is 2.44. The fraction of sp³-hybridized carbons (Fsp3) is 0.438. The Balaban J connectivity index is 2.51. The number of rotatable bonds is 7. The Kier molecular flexibility index (Phi) is 7.08. The number of anilines is 1. The molecular formula is C16H22N2O4. The van der Waals surface area contributed by atoms with Crippen LogP contribution in [0.4, 0.5) is 5.69 Å². The van der Waals surface area contributed by atoms with Crippen molar-refractivity contribution < 1.29 is 19.1 Å². The first-order valence-electron chi connectivity index (χ1n) is 7.26. The summed E-state index contributed by atoms with van der Waals surface area (Å²) in [5, 5.41) is 5.33. The highest BCUT2D eigenvalue weighted by molar-refractivity contribution is 5.94. The van der Waals surface area contributed by atoms with Gasteiger partial charge in [0.2, 0.25) is 5.91 Å². The number of carbonyl (C=O) groups excluding carboxylic acids is 3. The van der Waals surface area contributed by atoms with Gasteiger partial charge in [0.15, 0.2) is 6.61 Å². The lowest BCUT2D eigenvalue weighted by molar-refractivity contribution is -0.124. The van der Waals surface area contributed by atoms with Crippen LogP contribution < -0.4 is 10.6 Å². The van der Waals surface area contributed by atoms with Gasteiger partial charge in [0, 0.05) is 18.7 Å². The van der Waals surface area contributed by atoms with Gasteiger partial charge in [-0.25, -0.2) is 4.79 Å². The minimum Gasteiger partial charge on any atom is -0.452 e. The molecule has 6 nitrogen and oxygen atoms in total. The van der Waals surface area contributed by atoms with Crippen LogP contribution in [-0.4, -0.2) is 30.4 Å². The van der Waals surface area contributed by atoms with Crippen LogP contribution in [0.25, 0.3) is 0 Å². The summed E-state index contributed by atoms with van der Waals surface area (Å²) in [5.41, 5.74) is 0.781. The van der Waals surface area contributed by atoms with Crippen molar-refractivity contribution in [2.24, 2.45) is 0 Å². The quantitative estimate of drug-likeness (QED) is 0.756. The van der Waals surface area contributed by atoms with E-state index in [1.165, 1.54) is 13.0 Å². The summed E-state index contributed by atoms with van der Waals surface area (Å²) < 4.78 is 4.97. The molecule has 0 spiro atoms. The maximum absolute atomic E-state index is 11.9. The molecule has 0 aliphatic rings. The van der Waals surface area contributed by atoms with Crippen LogP contribution in [0, 0.1) is 0 Å². The first kappa shape index (κ1) is 17.7. The number of nitrogens with one attached hydrogen (secondary N) is 2. The Hall–Kier alpha value is -2.37. The molecule has 0 bridgehead atoms.